The van der Waals surface area contributed by atoms with E-state index in [4.69, 9.17) is 16.3 Å². The summed E-state index contributed by atoms with van der Waals surface area (Å²) in [6.07, 6.45) is 1.63. The van der Waals surface area contributed by atoms with Crippen molar-refractivity contribution in [3.8, 4) is 11.6 Å². The fourth-order valence-electron chi connectivity index (χ4n) is 3.93. The van der Waals surface area contributed by atoms with Crippen LogP contribution in [0.25, 0.3) is 0 Å². The van der Waals surface area contributed by atoms with Crippen molar-refractivity contribution in [3.05, 3.63) is 93.5 Å². The first-order chi connectivity index (χ1) is 18.3. The van der Waals surface area contributed by atoms with Crippen molar-refractivity contribution in [3.63, 3.8) is 0 Å². The SMILES string of the molecule is Cc1ccc(Oc2ccc(Nc3ncc(NC(=O)C4CC(O)C4)c(=O)n3Cc3ccc(Cl)cc3)cc2)nn1. The lowest BCUT2D eigenvalue weighted by molar-refractivity contribution is -0.126. The average Bonchev–Trinajstić information content (AvgIpc) is 2.89. The van der Waals surface area contributed by atoms with Crippen LogP contribution in [0, 0.1) is 12.8 Å². The van der Waals surface area contributed by atoms with Crippen molar-refractivity contribution in [2.75, 3.05) is 10.6 Å². The van der Waals surface area contributed by atoms with E-state index >= 15 is 0 Å². The monoisotopic (exact) mass is 532 g/mol. The maximum atomic E-state index is 13.4. The summed E-state index contributed by atoms with van der Waals surface area (Å²) in [5.41, 5.74) is 1.95. The molecule has 2 aromatic heterocycles. The number of carbonyl (C=O) groups excluding carboxylic acids is 1. The molecule has 0 aliphatic heterocycles. The van der Waals surface area contributed by atoms with Crippen LogP contribution >= 0.6 is 11.6 Å². The number of aliphatic hydroxyl groups excluding tert-OH is 1. The van der Waals surface area contributed by atoms with Gasteiger partial charge in [-0.05, 0) is 67.8 Å². The Morgan fingerprint density at radius 2 is 1.82 bits per heavy atom. The summed E-state index contributed by atoms with van der Waals surface area (Å²) in [4.78, 5) is 30.4. The van der Waals surface area contributed by atoms with Crippen LogP contribution in [0.3, 0.4) is 0 Å². The van der Waals surface area contributed by atoms with Crippen molar-refractivity contribution < 1.29 is 14.6 Å². The van der Waals surface area contributed by atoms with Crippen molar-refractivity contribution in [2.24, 2.45) is 5.92 Å². The van der Waals surface area contributed by atoms with Gasteiger partial charge in [-0.2, -0.15) is 5.10 Å². The molecule has 4 aromatic rings. The molecule has 0 unspecified atom stereocenters. The third kappa shape index (κ3) is 5.99. The number of amides is 1. The molecule has 0 radical (unpaired) electrons. The molecule has 1 aliphatic rings. The molecule has 0 spiro atoms. The summed E-state index contributed by atoms with van der Waals surface area (Å²) < 4.78 is 7.17. The van der Waals surface area contributed by atoms with E-state index < -0.39 is 11.7 Å². The standard InChI is InChI=1S/C27H25ClN6O4/c1-16-2-11-24(33-32-16)38-22-9-7-20(8-10-22)30-27-29-14-23(31-25(36)18-12-21(35)13-18)26(37)34(27)15-17-3-5-19(28)6-4-17/h2-11,14,18,21,35H,12-13,15H2,1H3,(H,29,30)(H,31,36). The lowest BCUT2D eigenvalue weighted by atomic mass is 9.82. The fraction of sp³-hybridized carbons (Fsp3) is 0.222. The van der Waals surface area contributed by atoms with Crippen LogP contribution in [-0.2, 0) is 11.3 Å². The number of halogens is 1. The zero-order valence-electron chi connectivity index (χ0n) is 20.5. The molecular weight excluding hydrogens is 508 g/mol. The minimum absolute atomic E-state index is 0.0684. The highest BCUT2D eigenvalue weighted by atomic mass is 35.5. The number of benzene rings is 2. The minimum Gasteiger partial charge on any atom is -0.438 e. The van der Waals surface area contributed by atoms with Crippen LogP contribution in [0.4, 0.5) is 17.3 Å². The molecule has 1 fully saturated rings. The Morgan fingerprint density at radius 3 is 2.47 bits per heavy atom. The minimum atomic E-state index is -0.473. The Labute approximate surface area is 223 Å². The number of rotatable bonds is 8. The highest BCUT2D eigenvalue weighted by Crippen LogP contribution is 2.28. The Kier molecular flexibility index (Phi) is 7.34. The van der Waals surface area contributed by atoms with E-state index in [1.807, 2.05) is 25.1 Å². The molecule has 194 valence electrons. The van der Waals surface area contributed by atoms with Crippen LogP contribution in [0.2, 0.25) is 5.02 Å². The van der Waals surface area contributed by atoms with E-state index in [-0.39, 0.29) is 24.1 Å². The maximum absolute atomic E-state index is 13.4. The molecule has 5 rings (SSSR count). The second-order valence-electron chi connectivity index (χ2n) is 9.09. The highest BCUT2D eigenvalue weighted by molar-refractivity contribution is 6.30. The van der Waals surface area contributed by atoms with Gasteiger partial charge in [-0.15, -0.1) is 5.10 Å². The zero-order chi connectivity index (χ0) is 26.6. The van der Waals surface area contributed by atoms with Gasteiger partial charge in [0.05, 0.1) is 24.5 Å². The smallest absolute Gasteiger partial charge is 0.279 e. The molecule has 3 N–H and O–H groups in total. The molecule has 2 aromatic carbocycles. The maximum Gasteiger partial charge on any atom is 0.279 e. The summed E-state index contributed by atoms with van der Waals surface area (Å²) in [6.45, 7) is 2.04. The van der Waals surface area contributed by atoms with E-state index in [0.717, 1.165) is 11.3 Å². The number of anilines is 3. The lowest BCUT2D eigenvalue weighted by Gasteiger charge is -2.29. The fourth-order valence-corrected chi connectivity index (χ4v) is 4.06. The summed E-state index contributed by atoms with van der Waals surface area (Å²) in [6, 6.07) is 17.8. The molecule has 0 bridgehead atoms. The second-order valence-corrected chi connectivity index (χ2v) is 9.53. The second kappa shape index (κ2) is 11.0. The van der Waals surface area contributed by atoms with Gasteiger partial charge in [-0.3, -0.25) is 14.2 Å². The number of aryl methyl sites for hydroxylation is 1. The van der Waals surface area contributed by atoms with Crippen molar-refractivity contribution in [1.29, 1.82) is 0 Å². The Balaban J connectivity index is 1.38. The van der Waals surface area contributed by atoms with Crippen molar-refractivity contribution >= 4 is 34.8 Å². The van der Waals surface area contributed by atoms with Gasteiger partial charge < -0.3 is 20.5 Å². The van der Waals surface area contributed by atoms with E-state index in [9.17, 15) is 14.7 Å². The normalized spacial score (nSPS) is 16.4. The van der Waals surface area contributed by atoms with Crippen LogP contribution < -0.4 is 20.9 Å². The van der Waals surface area contributed by atoms with Gasteiger partial charge in [-0.25, -0.2) is 4.98 Å². The number of nitrogens with zero attached hydrogens (tertiary/aromatic N) is 4. The van der Waals surface area contributed by atoms with Gasteiger partial charge in [0.15, 0.2) is 0 Å². The molecule has 1 amide bonds. The summed E-state index contributed by atoms with van der Waals surface area (Å²) in [5, 5.41) is 23.9. The molecule has 1 aliphatic carbocycles. The number of aliphatic hydroxyl groups is 1. The number of ether oxygens (including phenoxy) is 1. The summed E-state index contributed by atoms with van der Waals surface area (Å²) in [5.74, 6) is 0.614. The third-order valence-electron chi connectivity index (χ3n) is 6.15. The molecule has 38 heavy (non-hydrogen) atoms. The van der Waals surface area contributed by atoms with Gasteiger partial charge in [0.2, 0.25) is 17.7 Å². The molecule has 10 nitrogen and oxygen atoms in total. The number of hydrogen-bond donors (Lipinski definition) is 3. The highest BCUT2D eigenvalue weighted by Gasteiger charge is 2.33. The Bertz CT molecular complexity index is 1480. The van der Waals surface area contributed by atoms with Gasteiger partial charge in [0.1, 0.15) is 11.4 Å². The van der Waals surface area contributed by atoms with E-state index in [1.165, 1.54) is 10.8 Å². The molecule has 0 saturated heterocycles. The van der Waals surface area contributed by atoms with Crippen LogP contribution in [-0.4, -0.2) is 36.9 Å². The first-order valence-electron chi connectivity index (χ1n) is 12.0. The van der Waals surface area contributed by atoms with Crippen LogP contribution in [0.15, 0.2) is 71.7 Å². The van der Waals surface area contributed by atoms with E-state index in [2.05, 4.69) is 25.8 Å². The number of hydrogen-bond acceptors (Lipinski definition) is 8. The molecule has 0 atom stereocenters. The van der Waals surface area contributed by atoms with E-state index in [0.29, 0.717) is 41.1 Å². The molecule has 11 heteroatoms. The van der Waals surface area contributed by atoms with Gasteiger partial charge in [-0.1, -0.05) is 23.7 Å². The number of aromatic nitrogens is 4. The lowest BCUT2D eigenvalue weighted by Crippen LogP contribution is -2.39. The Hall–Kier alpha value is -4.28. The Morgan fingerprint density at radius 1 is 1.08 bits per heavy atom. The first-order valence-corrected chi connectivity index (χ1v) is 12.4. The average molecular weight is 533 g/mol. The van der Waals surface area contributed by atoms with Crippen LogP contribution in [0.5, 0.6) is 11.6 Å². The van der Waals surface area contributed by atoms with Crippen molar-refractivity contribution in [1.82, 2.24) is 19.7 Å². The van der Waals surface area contributed by atoms with Crippen LogP contribution in [0.1, 0.15) is 24.1 Å². The molecular formula is C27H25ClN6O4. The third-order valence-corrected chi connectivity index (χ3v) is 6.40. The summed E-state index contributed by atoms with van der Waals surface area (Å²) in [7, 11) is 0. The molecule has 1 saturated carbocycles. The number of nitrogens with one attached hydrogen (secondary N) is 2. The quantitative estimate of drug-likeness (QED) is 0.306. The van der Waals surface area contributed by atoms with Gasteiger partial charge >= 0.3 is 0 Å². The molecule has 2 heterocycles. The predicted molar refractivity (Wildman–Crippen MR) is 143 cm³/mol. The zero-order valence-corrected chi connectivity index (χ0v) is 21.2. The van der Waals surface area contributed by atoms with Crippen molar-refractivity contribution in [2.45, 2.75) is 32.4 Å². The number of carbonyl (C=O) groups is 1. The summed E-state index contributed by atoms with van der Waals surface area (Å²) >= 11 is 6.02. The predicted octanol–water partition coefficient (Wildman–Crippen LogP) is 4.29. The van der Waals surface area contributed by atoms with Gasteiger partial charge in [0, 0.05) is 22.7 Å². The van der Waals surface area contributed by atoms with Gasteiger partial charge in [0.25, 0.3) is 5.56 Å². The van der Waals surface area contributed by atoms with E-state index in [1.54, 1.807) is 42.5 Å². The topological polar surface area (TPSA) is 131 Å². The first kappa shape index (κ1) is 25.4. The largest absolute Gasteiger partial charge is 0.438 e.